The minimum absolute atomic E-state index is 0.325. The summed E-state index contributed by atoms with van der Waals surface area (Å²) in [7, 11) is 0. The van der Waals surface area contributed by atoms with Crippen molar-refractivity contribution in [3.05, 3.63) is 42.2 Å². The molecule has 0 amide bonds. The Kier molecular flexibility index (Phi) is 4.33. The summed E-state index contributed by atoms with van der Waals surface area (Å²) in [6, 6.07) is 6.72. The van der Waals surface area contributed by atoms with Crippen LogP contribution in [0, 0.1) is 0 Å². The van der Waals surface area contributed by atoms with Crippen LogP contribution in [-0.2, 0) is 10.9 Å². The van der Waals surface area contributed by atoms with Gasteiger partial charge < -0.3 is 15.0 Å². The van der Waals surface area contributed by atoms with Gasteiger partial charge >= 0.3 is 6.18 Å². The Labute approximate surface area is 131 Å². The number of ether oxygens (including phenoxy) is 1. The first-order chi connectivity index (χ1) is 11.0. The molecule has 0 spiro atoms. The third-order valence-electron chi connectivity index (χ3n) is 3.45. The highest BCUT2D eigenvalue weighted by atomic mass is 19.4. The second-order valence-corrected chi connectivity index (χ2v) is 5.06. The van der Waals surface area contributed by atoms with Crippen LogP contribution in [0.2, 0.25) is 0 Å². The summed E-state index contributed by atoms with van der Waals surface area (Å²) in [5.74, 6) is 1.17. The van der Waals surface area contributed by atoms with Gasteiger partial charge in [0.2, 0.25) is 0 Å². The van der Waals surface area contributed by atoms with Crippen LogP contribution in [-0.4, -0.2) is 36.3 Å². The molecular formula is C15H15F3N4O. The molecule has 0 atom stereocenters. The molecule has 0 bridgehead atoms. The van der Waals surface area contributed by atoms with Gasteiger partial charge in [0, 0.05) is 24.8 Å². The largest absolute Gasteiger partial charge is 0.416 e. The molecule has 1 aliphatic rings. The number of hydrogen-bond acceptors (Lipinski definition) is 5. The smallest absolute Gasteiger partial charge is 0.378 e. The highest BCUT2D eigenvalue weighted by Crippen LogP contribution is 2.31. The molecule has 1 saturated heterocycles. The van der Waals surface area contributed by atoms with E-state index in [2.05, 4.69) is 15.3 Å². The molecule has 0 radical (unpaired) electrons. The number of halogens is 3. The maximum Gasteiger partial charge on any atom is 0.416 e. The SMILES string of the molecule is FC(F)(F)c1cccc(Nc2cc(N3CCOCC3)ncn2)c1. The molecule has 2 heterocycles. The maximum atomic E-state index is 12.7. The number of hydrogen-bond donors (Lipinski definition) is 1. The number of morpholine rings is 1. The van der Waals surface area contributed by atoms with Gasteiger partial charge in [0.05, 0.1) is 18.8 Å². The van der Waals surface area contributed by atoms with Gasteiger partial charge in [-0.25, -0.2) is 9.97 Å². The van der Waals surface area contributed by atoms with Crippen molar-refractivity contribution < 1.29 is 17.9 Å². The van der Waals surface area contributed by atoms with Crippen molar-refractivity contribution in [3.8, 4) is 0 Å². The van der Waals surface area contributed by atoms with E-state index in [9.17, 15) is 13.2 Å². The van der Waals surface area contributed by atoms with E-state index in [0.717, 1.165) is 31.0 Å². The van der Waals surface area contributed by atoms with E-state index >= 15 is 0 Å². The van der Waals surface area contributed by atoms with E-state index < -0.39 is 11.7 Å². The van der Waals surface area contributed by atoms with Gasteiger partial charge in [0.1, 0.15) is 18.0 Å². The van der Waals surface area contributed by atoms with Crippen LogP contribution in [0.15, 0.2) is 36.7 Å². The maximum absolute atomic E-state index is 12.7. The average Bonchev–Trinajstić information content (AvgIpc) is 2.55. The number of nitrogens with one attached hydrogen (secondary N) is 1. The predicted molar refractivity (Wildman–Crippen MR) is 79.8 cm³/mol. The van der Waals surface area contributed by atoms with Crippen LogP contribution in [0.4, 0.5) is 30.5 Å². The van der Waals surface area contributed by atoms with Gasteiger partial charge in [-0.15, -0.1) is 0 Å². The van der Waals surface area contributed by atoms with Crippen molar-refractivity contribution in [2.75, 3.05) is 36.5 Å². The monoisotopic (exact) mass is 324 g/mol. The lowest BCUT2D eigenvalue weighted by molar-refractivity contribution is -0.137. The zero-order chi connectivity index (χ0) is 16.3. The van der Waals surface area contributed by atoms with Crippen LogP contribution >= 0.6 is 0 Å². The third kappa shape index (κ3) is 3.89. The van der Waals surface area contributed by atoms with Crippen LogP contribution in [0.1, 0.15) is 5.56 Å². The Morgan fingerprint density at radius 2 is 1.87 bits per heavy atom. The lowest BCUT2D eigenvalue weighted by Crippen LogP contribution is -2.36. The van der Waals surface area contributed by atoms with Crippen molar-refractivity contribution in [2.24, 2.45) is 0 Å². The van der Waals surface area contributed by atoms with Crippen LogP contribution in [0.25, 0.3) is 0 Å². The first-order valence-electron chi connectivity index (χ1n) is 7.11. The van der Waals surface area contributed by atoms with Crippen LogP contribution in [0.5, 0.6) is 0 Å². The molecule has 1 aromatic heterocycles. The Hall–Kier alpha value is -2.35. The van der Waals surface area contributed by atoms with Gasteiger partial charge in [-0.1, -0.05) is 6.07 Å². The fourth-order valence-corrected chi connectivity index (χ4v) is 2.30. The van der Waals surface area contributed by atoms with Crippen molar-refractivity contribution in [1.82, 2.24) is 9.97 Å². The summed E-state index contributed by atoms with van der Waals surface area (Å²) in [4.78, 5) is 10.3. The van der Waals surface area contributed by atoms with Crippen molar-refractivity contribution in [1.29, 1.82) is 0 Å². The molecule has 5 nitrogen and oxygen atoms in total. The number of anilines is 3. The van der Waals surface area contributed by atoms with E-state index in [4.69, 9.17) is 4.74 Å². The number of benzene rings is 1. The Morgan fingerprint density at radius 3 is 2.61 bits per heavy atom. The molecule has 0 aliphatic carbocycles. The lowest BCUT2D eigenvalue weighted by Gasteiger charge is -2.27. The third-order valence-corrected chi connectivity index (χ3v) is 3.45. The molecule has 1 N–H and O–H groups in total. The summed E-state index contributed by atoms with van der Waals surface area (Å²) in [5.41, 5.74) is -0.378. The summed E-state index contributed by atoms with van der Waals surface area (Å²) in [6.07, 6.45) is -2.98. The second-order valence-electron chi connectivity index (χ2n) is 5.06. The predicted octanol–water partition coefficient (Wildman–Crippen LogP) is 3.08. The Morgan fingerprint density at radius 1 is 1.09 bits per heavy atom. The zero-order valence-corrected chi connectivity index (χ0v) is 12.2. The molecular weight excluding hydrogens is 309 g/mol. The molecule has 1 fully saturated rings. The standard InChI is InChI=1S/C15H15F3N4O/c16-15(17,18)11-2-1-3-12(8-11)21-13-9-14(20-10-19-13)22-4-6-23-7-5-22/h1-3,8-10H,4-7H2,(H,19,20,21). The number of nitrogens with zero attached hydrogens (tertiary/aromatic N) is 3. The lowest BCUT2D eigenvalue weighted by atomic mass is 10.2. The minimum atomic E-state index is -4.37. The average molecular weight is 324 g/mol. The number of aromatic nitrogens is 2. The highest BCUT2D eigenvalue weighted by molar-refractivity contribution is 5.60. The fourth-order valence-electron chi connectivity index (χ4n) is 2.30. The van der Waals surface area contributed by atoms with Crippen LogP contribution in [0.3, 0.4) is 0 Å². The molecule has 1 aromatic carbocycles. The summed E-state index contributed by atoms with van der Waals surface area (Å²) < 4.78 is 43.5. The molecule has 0 saturated carbocycles. The minimum Gasteiger partial charge on any atom is -0.378 e. The zero-order valence-electron chi connectivity index (χ0n) is 12.2. The molecule has 122 valence electrons. The van der Waals surface area contributed by atoms with Crippen LogP contribution < -0.4 is 10.2 Å². The molecule has 1 aliphatic heterocycles. The topological polar surface area (TPSA) is 50.3 Å². The van der Waals surface area contributed by atoms with E-state index in [0.29, 0.717) is 24.7 Å². The molecule has 8 heteroatoms. The van der Waals surface area contributed by atoms with Crippen molar-refractivity contribution in [2.45, 2.75) is 6.18 Å². The van der Waals surface area contributed by atoms with E-state index in [1.54, 1.807) is 12.1 Å². The summed E-state index contributed by atoms with van der Waals surface area (Å²) >= 11 is 0. The molecule has 2 aromatic rings. The quantitative estimate of drug-likeness (QED) is 0.940. The van der Waals surface area contributed by atoms with Gasteiger partial charge in [0.15, 0.2) is 0 Å². The molecule has 0 unspecified atom stereocenters. The summed E-state index contributed by atoms with van der Waals surface area (Å²) in [5, 5.41) is 2.89. The van der Waals surface area contributed by atoms with Crippen molar-refractivity contribution >= 4 is 17.3 Å². The van der Waals surface area contributed by atoms with E-state index in [1.165, 1.54) is 12.4 Å². The number of alkyl halides is 3. The second kappa shape index (κ2) is 6.41. The first-order valence-corrected chi connectivity index (χ1v) is 7.11. The molecule has 23 heavy (non-hydrogen) atoms. The fraction of sp³-hybridized carbons (Fsp3) is 0.333. The number of rotatable bonds is 3. The van der Waals surface area contributed by atoms with Crippen molar-refractivity contribution in [3.63, 3.8) is 0 Å². The van der Waals surface area contributed by atoms with Gasteiger partial charge in [-0.3, -0.25) is 0 Å². The Balaban J connectivity index is 1.78. The van der Waals surface area contributed by atoms with E-state index in [-0.39, 0.29) is 0 Å². The summed E-state index contributed by atoms with van der Waals surface area (Å²) in [6.45, 7) is 2.70. The highest BCUT2D eigenvalue weighted by Gasteiger charge is 2.30. The van der Waals surface area contributed by atoms with Gasteiger partial charge in [-0.2, -0.15) is 13.2 Å². The normalized spacial score (nSPS) is 15.5. The van der Waals surface area contributed by atoms with E-state index in [1.807, 2.05) is 4.90 Å². The van der Waals surface area contributed by atoms with Gasteiger partial charge in [-0.05, 0) is 18.2 Å². The first kappa shape index (κ1) is 15.5. The Bertz CT molecular complexity index is 672. The van der Waals surface area contributed by atoms with Gasteiger partial charge in [0.25, 0.3) is 0 Å². The molecule has 3 rings (SSSR count).